The third-order valence-electron chi connectivity index (χ3n) is 3.78. The molecule has 0 fully saturated rings. The van der Waals surface area contributed by atoms with Crippen LogP contribution in [0.1, 0.15) is 35.1 Å². The normalized spacial score (nSPS) is 14.9. The molecule has 2 heterocycles. The molecule has 2 aromatic rings. The van der Waals surface area contributed by atoms with Crippen molar-refractivity contribution < 1.29 is 9.15 Å². The molecule has 0 spiro atoms. The second-order valence-corrected chi connectivity index (χ2v) is 5.25. The summed E-state index contributed by atoms with van der Waals surface area (Å²) in [6.07, 6.45) is 2.88. The van der Waals surface area contributed by atoms with E-state index in [2.05, 4.69) is 23.6 Å². The molecule has 1 aromatic heterocycles. The average Bonchev–Trinajstić information content (AvgIpc) is 3.08. The zero-order valence-electron chi connectivity index (χ0n) is 11.7. The minimum absolute atomic E-state index is 0.0493. The molecule has 20 heavy (non-hydrogen) atoms. The van der Waals surface area contributed by atoms with Crippen molar-refractivity contribution in [1.29, 1.82) is 0 Å². The van der Waals surface area contributed by atoms with Gasteiger partial charge >= 0.3 is 0 Å². The lowest BCUT2D eigenvalue weighted by molar-refractivity contribution is 0.356. The molecule has 1 unspecified atom stereocenters. The second-order valence-electron chi connectivity index (χ2n) is 5.25. The van der Waals surface area contributed by atoms with Gasteiger partial charge in [0.25, 0.3) is 0 Å². The second kappa shape index (κ2) is 5.69. The van der Waals surface area contributed by atoms with E-state index in [4.69, 9.17) is 15.0 Å². The van der Waals surface area contributed by atoms with Crippen molar-refractivity contribution in [2.24, 2.45) is 5.84 Å². The van der Waals surface area contributed by atoms with Crippen LogP contribution in [0.2, 0.25) is 0 Å². The lowest BCUT2D eigenvalue weighted by atomic mass is 10.0. The molecule has 0 radical (unpaired) electrons. The van der Waals surface area contributed by atoms with Crippen molar-refractivity contribution in [3.63, 3.8) is 0 Å². The van der Waals surface area contributed by atoms with Gasteiger partial charge in [-0.1, -0.05) is 12.1 Å². The molecule has 1 aliphatic heterocycles. The van der Waals surface area contributed by atoms with Crippen molar-refractivity contribution in [1.82, 2.24) is 5.43 Å². The Morgan fingerprint density at radius 1 is 1.30 bits per heavy atom. The van der Waals surface area contributed by atoms with Crippen molar-refractivity contribution in [3.05, 3.63) is 53.0 Å². The van der Waals surface area contributed by atoms with E-state index >= 15 is 0 Å². The van der Waals surface area contributed by atoms with Crippen LogP contribution in [0.5, 0.6) is 5.75 Å². The number of aryl methyl sites for hydroxylation is 2. The fourth-order valence-electron chi connectivity index (χ4n) is 2.65. The van der Waals surface area contributed by atoms with E-state index in [0.29, 0.717) is 0 Å². The minimum atomic E-state index is 0.0493. The fourth-order valence-corrected chi connectivity index (χ4v) is 2.65. The smallest absolute Gasteiger partial charge is 0.122 e. The third kappa shape index (κ3) is 2.71. The summed E-state index contributed by atoms with van der Waals surface area (Å²) in [5.74, 6) is 8.48. The van der Waals surface area contributed by atoms with Gasteiger partial charge in [-0.3, -0.25) is 5.84 Å². The maximum Gasteiger partial charge on any atom is 0.122 e. The molecule has 0 amide bonds. The molecule has 3 N–H and O–H groups in total. The van der Waals surface area contributed by atoms with E-state index in [1.807, 2.05) is 19.1 Å². The van der Waals surface area contributed by atoms with Crippen LogP contribution in [0.4, 0.5) is 0 Å². The number of benzene rings is 1. The molecule has 4 nitrogen and oxygen atoms in total. The number of ether oxygens (including phenoxy) is 1. The van der Waals surface area contributed by atoms with E-state index < -0.39 is 0 Å². The first-order valence-corrected chi connectivity index (χ1v) is 7.03. The van der Waals surface area contributed by atoms with Gasteiger partial charge in [0.15, 0.2) is 0 Å². The quantitative estimate of drug-likeness (QED) is 0.649. The van der Waals surface area contributed by atoms with Gasteiger partial charge in [0.05, 0.1) is 12.6 Å². The zero-order valence-corrected chi connectivity index (χ0v) is 11.7. The highest BCUT2D eigenvalue weighted by Gasteiger charge is 2.15. The molecule has 0 saturated heterocycles. The summed E-state index contributed by atoms with van der Waals surface area (Å²) in [6.45, 7) is 2.75. The highest BCUT2D eigenvalue weighted by Crippen LogP contribution is 2.27. The van der Waals surface area contributed by atoms with Gasteiger partial charge in [0.1, 0.15) is 17.3 Å². The standard InChI is InChI=1S/C16H20N2O2/c1-11-2-6-16(20-11)14(18-17)5-3-12-4-7-15-13(10-12)8-9-19-15/h2,4,6-7,10,14,18H,3,5,8-9,17H2,1H3. The molecule has 0 bridgehead atoms. The average molecular weight is 272 g/mol. The Balaban J connectivity index is 1.66. The third-order valence-corrected chi connectivity index (χ3v) is 3.78. The Hall–Kier alpha value is -1.78. The summed E-state index contributed by atoms with van der Waals surface area (Å²) >= 11 is 0. The van der Waals surface area contributed by atoms with Crippen LogP contribution in [0.3, 0.4) is 0 Å². The lowest BCUT2D eigenvalue weighted by Gasteiger charge is -2.13. The number of nitrogens with one attached hydrogen (secondary N) is 1. The first kappa shape index (κ1) is 13.2. The molecule has 1 aromatic carbocycles. The maximum absolute atomic E-state index is 5.64. The molecular formula is C16H20N2O2. The monoisotopic (exact) mass is 272 g/mol. The van der Waals surface area contributed by atoms with Gasteiger partial charge in [-0.15, -0.1) is 0 Å². The fraction of sp³-hybridized carbons (Fsp3) is 0.375. The lowest BCUT2D eigenvalue weighted by Crippen LogP contribution is -2.28. The molecule has 106 valence electrons. The molecule has 0 aliphatic carbocycles. The SMILES string of the molecule is Cc1ccc(C(CCc2ccc3c(c2)CCO3)NN)o1. The molecule has 4 heteroatoms. The van der Waals surface area contributed by atoms with Crippen LogP contribution in [-0.4, -0.2) is 6.61 Å². The number of rotatable bonds is 5. The van der Waals surface area contributed by atoms with E-state index in [1.165, 1.54) is 11.1 Å². The van der Waals surface area contributed by atoms with Crippen LogP contribution in [-0.2, 0) is 12.8 Å². The van der Waals surface area contributed by atoms with Gasteiger partial charge in [0.2, 0.25) is 0 Å². The largest absolute Gasteiger partial charge is 0.493 e. The topological polar surface area (TPSA) is 60.4 Å². The summed E-state index contributed by atoms with van der Waals surface area (Å²) in [7, 11) is 0. The van der Waals surface area contributed by atoms with E-state index in [0.717, 1.165) is 43.1 Å². The molecule has 1 atom stereocenters. The van der Waals surface area contributed by atoms with Crippen molar-refractivity contribution in [3.8, 4) is 5.75 Å². The van der Waals surface area contributed by atoms with Gasteiger partial charge in [-0.2, -0.15) is 0 Å². The summed E-state index contributed by atoms with van der Waals surface area (Å²) in [6, 6.07) is 10.4. The summed E-state index contributed by atoms with van der Waals surface area (Å²) < 4.78 is 11.2. The van der Waals surface area contributed by atoms with Crippen molar-refractivity contribution >= 4 is 0 Å². The summed E-state index contributed by atoms with van der Waals surface area (Å²) in [4.78, 5) is 0. The van der Waals surface area contributed by atoms with Crippen LogP contribution in [0.25, 0.3) is 0 Å². The predicted octanol–water partition coefficient (Wildman–Crippen LogP) is 2.66. The van der Waals surface area contributed by atoms with Gasteiger partial charge in [-0.25, -0.2) is 5.43 Å². The minimum Gasteiger partial charge on any atom is -0.493 e. The molecule has 3 rings (SSSR count). The Bertz CT molecular complexity index is 592. The Kier molecular flexibility index (Phi) is 3.76. The van der Waals surface area contributed by atoms with Gasteiger partial charge in [-0.05, 0) is 49.1 Å². The number of hydrogen-bond acceptors (Lipinski definition) is 4. The number of furan rings is 1. The van der Waals surface area contributed by atoms with Crippen molar-refractivity contribution in [2.75, 3.05) is 6.61 Å². The summed E-state index contributed by atoms with van der Waals surface area (Å²) in [5.41, 5.74) is 5.47. The first-order valence-electron chi connectivity index (χ1n) is 7.03. The molecule has 0 saturated carbocycles. The van der Waals surface area contributed by atoms with Crippen molar-refractivity contribution in [2.45, 2.75) is 32.2 Å². The van der Waals surface area contributed by atoms with E-state index in [-0.39, 0.29) is 6.04 Å². The highest BCUT2D eigenvalue weighted by molar-refractivity contribution is 5.39. The summed E-state index contributed by atoms with van der Waals surface area (Å²) in [5, 5.41) is 0. The first-order chi connectivity index (χ1) is 9.76. The highest BCUT2D eigenvalue weighted by atomic mass is 16.5. The number of fused-ring (bicyclic) bond motifs is 1. The number of nitrogens with two attached hydrogens (primary N) is 1. The molecular weight excluding hydrogens is 252 g/mol. The number of hydrazine groups is 1. The van der Waals surface area contributed by atoms with Gasteiger partial charge < -0.3 is 9.15 Å². The van der Waals surface area contributed by atoms with Crippen LogP contribution in [0, 0.1) is 6.92 Å². The number of hydrogen-bond donors (Lipinski definition) is 2. The Morgan fingerprint density at radius 2 is 2.20 bits per heavy atom. The predicted molar refractivity (Wildman–Crippen MR) is 77.5 cm³/mol. The van der Waals surface area contributed by atoms with E-state index in [9.17, 15) is 0 Å². The van der Waals surface area contributed by atoms with Crippen LogP contribution >= 0.6 is 0 Å². The Morgan fingerprint density at radius 3 is 2.95 bits per heavy atom. The zero-order chi connectivity index (χ0) is 13.9. The van der Waals surface area contributed by atoms with E-state index in [1.54, 1.807) is 0 Å². The van der Waals surface area contributed by atoms with Gasteiger partial charge in [0, 0.05) is 6.42 Å². The Labute approximate surface area is 118 Å². The van der Waals surface area contributed by atoms with Crippen LogP contribution in [0.15, 0.2) is 34.7 Å². The maximum atomic E-state index is 5.64. The molecule has 1 aliphatic rings. The van der Waals surface area contributed by atoms with Crippen LogP contribution < -0.4 is 16.0 Å².